The summed E-state index contributed by atoms with van der Waals surface area (Å²) in [6, 6.07) is 20.4. The number of amides is 1. The Balaban J connectivity index is 1.88. The molecule has 0 unspecified atom stereocenters. The van der Waals surface area contributed by atoms with Gasteiger partial charge in [0.2, 0.25) is 0 Å². The predicted molar refractivity (Wildman–Crippen MR) is 130 cm³/mol. The van der Waals surface area contributed by atoms with E-state index in [0.29, 0.717) is 17.1 Å². The van der Waals surface area contributed by atoms with Crippen molar-refractivity contribution in [1.29, 1.82) is 0 Å². The number of rotatable bonds is 8. The van der Waals surface area contributed by atoms with E-state index in [1.54, 1.807) is 49.4 Å². The van der Waals surface area contributed by atoms with E-state index in [1.165, 1.54) is 19.2 Å². The third-order valence-corrected chi connectivity index (χ3v) is 6.90. The normalized spacial score (nSPS) is 11.7. The van der Waals surface area contributed by atoms with E-state index in [4.69, 9.17) is 4.74 Å². The first-order chi connectivity index (χ1) is 15.7. The van der Waals surface area contributed by atoms with Gasteiger partial charge in [0.25, 0.3) is 15.9 Å². The number of hydrazone groups is 1. The first kappa shape index (κ1) is 24.0. The van der Waals surface area contributed by atoms with E-state index in [2.05, 4.69) is 10.5 Å². The lowest BCUT2D eigenvalue weighted by Gasteiger charge is -2.24. The quantitative estimate of drug-likeness (QED) is 0.402. The monoisotopic (exact) mass is 465 g/mol. The van der Waals surface area contributed by atoms with Crippen molar-refractivity contribution in [3.05, 3.63) is 89.5 Å². The summed E-state index contributed by atoms with van der Waals surface area (Å²) in [6.45, 7) is 5.31. The van der Waals surface area contributed by atoms with Gasteiger partial charge in [-0.15, -0.1) is 0 Å². The van der Waals surface area contributed by atoms with Crippen LogP contribution in [0.15, 0.2) is 82.8 Å². The van der Waals surface area contributed by atoms with Gasteiger partial charge in [0.05, 0.1) is 23.4 Å². The Bertz CT molecular complexity index is 1250. The van der Waals surface area contributed by atoms with Crippen LogP contribution in [-0.4, -0.2) is 33.7 Å². The summed E-state index contributed by atoms with van der Waals surface area (Å²) in [6.07, 6.45) is 0. The number of ether oxygens (including phenoxy) is 1. The Labute approximate surface area is 194 Å². The lowest BCUT2D eigenvalue weighted by molar-refractivity contribution is -0.119. The minimum absolute atomic E-state index is 0.0867. The van der Waals surface area contributed by atoms with E-state index < -0.39 is 22.5 Å². The highest BCUT2D eigenvalue weighted by Crippen LogP contribution is 2.25. The Morgan fingerprint density at radius 1 is 1.00 bits per heavy atom. The maximum Gasteiger partial charge on any atom is 0.264 e. The van der Waals surface area contributed by atoms with Gasteiger partial charge in [0.1, 0.15) is 12.3 Å². The van der Waals surface area contributed by atoms with Gasteiger partial charge in [-0.3, -0.25) is 9.10 Å². The summed E-state index contributed by atoms with van der Waals surface area (Å²) in [5, 5.41) is 4.20. The molecule has 3 aromatic rings. The topological polar surface area (TPSA) is 88.1 Å². The van der Waals surface area contributed by atoms with Crippen LogP contribution in [0.3, 0.4) is 0 Å². The number of nitrogens with one attached hydrogen (secondary N) is 1. The molecule has 0 aliphatic carbocycles. The molecule has 3 aromatic carbocycles. The first-order valence-electron chi connectivity index (χ1n) is 10.3. The number of anilines is 1. The predicted octanol–water partition coefficient (Wildman–Crippen LogP) is 4.05. The van der Waals surface area contributed by atoms with Crippen LogP contribution in [-0.2, 0) is 14.8 Å². The lowest BCUT2D eigenvalue weighted by Crippen LogP contribution is -2.39. The Morgan fingerprint density at radius 3 is 2.30 bits per heavy atom. The van der Waals surface area contributed by atoms with Crippen LogP contribution in [0, 0.1) is 13.8 Å². The molecule has 3 rings (SSSR count). The number of nitrogens with zero attached hydrogens (tertiary/aromatic N) is 2. The number of benzene rings is 3. The Hall–Kier alpha value is -3.65. The molecule has 0 aromatic heterocycles. The summed E-state index contributed by atoms with van der Waals surface area (Å²) in [7, 11) is -2.46. The van der Waals surface area contributed by atoms with Crippen LogP contribution < -0.4 is 14.5 Å². The van der Waals surface area contributed by atoms with Crippen molar-refractivity contribution in [2.75, 3.05) is 18.0 Å². The zero-order valence-electron chi connectivity index (χ0n) is 19.1. The molecule has 1 N–H and O–H groups in total. The van der Waals surface area contributed by atoms with E-state index >= 15 is 0 Å². The van der Waals surface area contributed by atoms with E-state index in [0.717, 1.165) is 21.0 Å². The molecule has 0 radical (unpaired) electrons. The molecule has 0 spiro atoms. The van der Waals surface area contributed by atoms with Crippen molar-refractivity contribution in [1.82, 2.24) is 5.43 Å². The summed E-state index contributed by atoms with van der Waals surface area (Å²) < 4.78 is 32.9. The average molecular weight is 466 g/mol. The highest BCUT2D eigenvalue weighted by molar-refractivity contribution is 7.92. The average Bonchev–Trinajstić information content (AvgIpc) is 2.83. The standard InChI is InChI=1S/C25H27N3O4S/c1-18-10-11-19(2)24(16-18)20(3)26-27-25(29)17-28(21-12-14-22(32-4)15-13-21)33(30,31)23-8-6-5-7-9-23/h5-16H,17H2,1-4H3,(H,27,29). The number of hydrogen-bond acceptors (Lipinski definition) is 5. The summed E-state index contributed by atoms with van der Waals surface area (Å²) in [4.78, 5) is 12.9. The molecular weight excluding hydrogens is 438 g/mol. The summed E-state index contributed by atoms with van der Waals surface area (Å²) in [5.41, 5.74) is 6.49. The highest BCUT2D eigenvalue weighted by Gasteiger charge is 2.27. The highest BCUT2D eigenvalue weighted by atomic mass is 32.2. The van der Waals surface area contributed by atoms with Crippen molar-refractivity contribution in [2.24, 2.45) is 5.10 Å². The Kier molecular flexibility index (Phi) is 7.50. The number of methoxy groups -OCH3 is 1. The first-order valence-corrected chi connectivity index (χ1v) is 11.8. The molecule has 0 heterocycles. The summed E-state index contributed by atoms with van der Waals surface area (Å²) in [5.74, 6) is 0.0176. The minimum atomic E-state index is -3.99. The molecule has 7 nitrogen and oxygen atoms in total. The SMILES string of the molecule is COc1ccc(N(CC(=O)NN=C(C)c2cc(C)ccc2C)S(=O)(=O)c2ccccc2)cc1. The lowest BCUT2D eigenvalue weighted by atomic mass is 10.0. The third kappa shape index (κ3) is 5.78. The van der Waals surface area contributed by atoms with Crippen molar-refractivity contribution in [2.45, 2.75) is 25.7 Å². The minimum Gasteiger partial charge on any atom is -0.497 e. The van der Waals surface area contributed by atoms with Crippen LogP contribution in [0.1, 0.15) is 23.6 Å². The van der Waals surface area contributed by atoms with Gasteiger partial charge in [0, 0.05) is 5.56 Å². The van der Waals surface area contributed by atoms with Gasteiger partial charge in [0.15, 0.2) is 0 Å². The fraction of sp³-hybridized carbons (Fsp3) is 0.200. The van der Waals surface area contributed by atoms with E-state index in [1.807, 2.05) is 32.0 Å². The van der Waals surface area contributed by atoms with Crippen LogP contribution in [0.25, 0.3) is 0 Å². The molecule has 0 atom stereocenters. The second-order valence-electron chi connectivity index (χ2n) is 7.57. The zero-order valence-corrected chi connectivity index (χ0v) is 19.9. The maximum absolute atomic E-state index is 13.3. The fourth-order valence-corrected chi connectivity index (χ4v) is 4.72. The molecule has 172 valence electrons. The zero-order chi connectivity index (χ0) is 24.0. The van der Waals surface area contributed by atoms with Gasteiger partial charge in [-0.05, 0) is 68.8 Å². The molecular formula is C25H27N3O4S. The molecule has 0 saturated heterocycles. The fourth-order valence-electron chi connectivity index (χ4n) is 3.28. The van der Waals surface area contributed by atoms with Gasteiger partial charge in [-0.2, -0.15) is 5.10 Å². The number of carbonyl (C=O) groups excluding carboxylic acids is 1. The Morgan fingerprint density at radius 2 is 1.67 bits per heavy atom. The van der Waals surface area contributed by atoms with Crippen LogP contribution in [0.5, 0.6) is 5.75 Å². The van der Waals surface area contributed by atoms with Crippen molar-refractivity contribution in [3.63, 3.8) is 0 Å². The van der Waals surface area contributed by atoms with Crippen LogP contribution in [0.2, 0.25) is 0 Å². The molecule has 8 heteroatoms. The van der Waals surface area contributed by atoms with Gasteiger partial charge >= 0.3 is 0 Å². The number of hydrogen-bond donors (Lipinski definition) is 1. The van der Waals surface area contributed by atoms with Gasteiger partial charge in [-0.25, -0.2) is 13.8 Å². The number of carbonyl (C=O) groups is 1. The van der Waals surface area contributed by atoms with Gasteiger partial charge in [-0.1, -0.05) is 35.9 Å². The van der Waals surface area contributed by atoms with Gasteiger partial charge < -0.3 is 4.74 Å². The maximum atomic E-state index is 13.3. The van der Waals surface area contributed by atoms with Crippen molar-refractivity contribution in [3.8, 4) is 5.75 Å². The third-order valence-electron chi connectivity index (χ3n) is 5.11. The molecule has 0 fully saturated rings. The second kappa shape index (κ2) is 10.3. The molecule has 0 saturated carbocycles. The van der Waals surface area contributed by atoms with E-state index in [-0.39, 0.29) is 4.90 Å². The number of aryl methyl sites for hydroxylation is 2. The molecule has 0 aliphatic heterocycles. The smallest absolute Gasteiger partial charge is 0.264 e. The van der Waals surface area contributed by atoms with Crippen LogP contribution >= 0.6 is 0 Å². The second-order valence-corrected chi connectivity index (χ2v) is 9.44. The molecule has 1 amide bonds. The molecule has 33 heavy (non-hydrogen) atoms. The van der Waals surface area contributed by atoms with Crippen LogP contribution in [0.4, 0.5) is 5.69 Å². The largest absolute Gasteiger partial charge is 0.497 e. The van der Waals surface area contributed by atoms with Crippen molar-refractivity contribution >= 4 is 27.3 Å². The number of sulfonamides is 1. The summed E-state index contributed by atoms with van der Waals surface area (Å²) >= 11 is 0. The molecule has 0 aliphatic rings. The van der Waals surface area contributed by atoms with E-state index in [9.17, 15) is 13.2 Å². The molecule has 0 bridgehead atoms. The van der Waals surface area contributed by atoms with Crippen molar-refractivity contribution < 1.29 is 17.9 Å².